The van der Waals surface area contributed by atoms with E-state index in [1.165, 1.54) is 34.4 Å². The maximum atomic E-state index is 11.9. The number of aryl methyl sites for hydroxylation is 1. The van der Waals surface area contributed by atoms with Gasteiger partial charge in [-0.3, -0.25) is 9.59 Å². The third-order valence-electron chi connectivity index (χ3n) is 2.84. The molecule has 0 spiro atoms. The van der Waals surface area contributed by atoms with Crippen LogP contribution in [0.5, 0.6) is 0 Å². The average molecular weight is 392 g/mol. The molecule has 2 amide bonds. The Kier molecular flexibility index (Phi) is 5.74. The minimum Gasteiger partial charge on any atom is -0.304 e. The standard InChI is InChI=1S/C15H13N5O2S3/c1-9-7-25-15(16-9)18-12(21)8-24-13-5-4-11(19-20-13)17-14(22)10-3-2-6-23-10/h2-7H,8H2,1H3,(H,16,18,21)(H,17,19,22). The highest BCUT2D eigenvalue weighted by Crippen LogP contribution is 2.18. The minimum atomic E-state index is -0.220. The predicted molar refractivity (Wildman–Crippen MR) is 101 cm³/mol. The highest BCUT2D eigenvalue weighted by molar-refractivity contribution is 7.99. The van der Waals surface area contributed by atoms with Gasteiger partial charge in [-0.1, -0.05) is 17.8 Å². The predicted octanol–water partition coefficient (Wildman–Crippen LogP) is 3.29. The number of thioether (sulfide) groups is 1. The van der Waals surface area contributed by atoms with Crippen LogP contribution in [0.3, 0.4) is 0 Å². The van der Waals surface area contributed by atoms with E-state index in [9.17, 15) is 9.59 Å². The number of anilines is 2. The van der Waals surface area contributed by atoms with Crippen LogP contribution >= 0.6 is 34.4 Å². The van der Waals surface area contributed by atoms with Gasteiger partial charge in [-0.25, -0.2) is 4.98 Å². The molecule has 0 bridgehead atoms. The van der Waals surface area contributed by atoms with Crippen LogP contribution in [0.1, 0.15) is 15.4 Å². The minimum absolute atomic E-state index is 0.156. The monoisotopic (exact) mass is 391 g/mol. The number of nitrogens with one attached hydrogen (secondary N) is 2. The number of hydrogen-bond donors (Lipinski definition) is 2. The molecule has 3 aromatic rings. The number of thiazole rings is 1. The normalized spacial score (nSPS) is 10.4. The average Bonchev–Trinajstić information content (AvgIpc) is 3.26. The molecular formula is C15H13N5O2S3. The maximum Gasteiger partial charge on any atom is 0.266 e. The van der Waals surface area contributed by atoms with Crippen molar-refractivity contribution in [2.45, 2.75) is 11.9 Å². The van der Waals surface area contributed by atoms with Crippen LogP contribution in [0.4, 0.5) is 10.9 Å². The second-order valence-electron chi connectivity index (χ2n) is 4.82. The fraction of sp³-hybridized carbons (Fsp3) is 0.133. The van der Waals surface area contributed by atoms with E-state index in [0.717, 1.165) is 5.69 Å². The van der Waals surface area contributed by atoms with E-state index in [2.05, 4.69) is 25.8 Å². The van der Waals surface area contributed by atoms with Crippen LogP contribution in [0, 0.1) is 6.92 Å². The lowest BCUT2D eigenvalue weighted by Gasteiger charge is -2.04. The molecule has 2 N–H and O–H groups in total. The highest BCUT2D eigenvalue weighted by Gasteiger charge is 2.10. The Hall–Kier alpha value is -2.30. The Morgan fingerprint density at radius 1 is 1.16 bits per heavy atom. The van der Waals surface area contributed by atoms with Crippen LogP contribution in [-0.2, 0) is 4.79 Å². The van der Waals surface area contributed by atoms with Gasteiger partial charge >= 0.3 is 0 Å². The van der Waals surface area contributed by atoms with Crippen LogP contribution in [0.15, 0.2) is 40.1 Å². The summed E-state index contributed by atoms with van der Waals surface area (Å²) in [6, 6.07) is 6.91. The smallest absolute Gasteiger partial charge is 0.266 e. The summed E-state index contributed by atoms with van der Waals surface area (Å²) in [5.41, 5.74) is 0.874. The van der Waals surface area contributed by atoms with Gasteiger partial charge in [-0.2, -0.15) is 0 Å². The van der Waals surface area contributed by atoms with E-state index in [-0.39, 0.29) is 17.6 Å². The summed E-state index contributed by atoms with van der Waals surface area (Å²) in [7, 11) is 0. The molecule has 0 saturated heterocycles. The number of carbonyl (C=O) groups is 2. The van der Waals surface area contributed by atoms with Gasteiger partial charge in [0.2, 0.25) is 5.91 Å². The van der Waals surface area contributed by atoms with Gasteiger partial charge in [0.1, 0.15) is 5.03 Å². The van der Waals surface area contributed by atoms with E-state index in [1.54, 1.807) is 18.2 Å². The fourth-order valence-electron chi connectivity index (χ4n) is 1.76. The first-order valence-corrected chi connectivity index (χ1v) is 9.88. The first kappa shape index (κ1) is 17.5. The van der Waals surface area contributed by atoms with E-state index < -0.39 is 0 Å². The third-order valence-corrected chi connectivity index (χ3v) is 5.51. The van der Waals surface area contributed by atoms with E-state index in [4.69, 9.17) is 0 Å². The van der Waals surface area contributed by atoms with Crippen molar-refractivity contribution in [3.05, 3.63) is 45.6 Å². The lowest BCUT2D eigenvalue weighted by Crippen LogP contribution is -2.14. The zero-order chi connectivity index (χ0) is 17.6. The quantitative estimate of drug-likeness (QED) is 0.626. The number of carbonyl (C=O) groups excluding carboxylic acids is 2. The van der Waals surface area contributed by atoms with Crippen LogP contribution in [0.25, 0.3) is 0 Å². The van der Waals surface area contributed by atoms with Gasteiger partial charge in [0.05, 0.1) is 16.3 Å². The molecule has 0 fully saturated rings. The Labute approximate surface area is 155 Å². The van der Waals surface area contributed by atoms with E-state index in [0.29, 0.717) is 20.9 Å². The van der Waals surface area contributed by atoms with Crippen LogP contribution in [-0.4, -0.2) is 32.7 Å². The SMILES string of the molecule is Cc1csc(NC(=O)CSc2ccc(NC(=O)c3cccs3)nn2)n1. The van der Waals surface area contributed by atoms with Crippen molar-refractivity contribution in [1.29, 1.82) is 0 Å². The van der Waals surface area contributed by atoms with Gasteiger partial charge in [0, 0.05) is 5.38 Å². The lowest BCUT2D eigenvalue weighted by atomic mass is 10.4. The van der Waals surface area contributed by atoms with Crippen molar-refractivity contribution < 1.29 is 9.59 Å². The summed E-state index contributed by atoms with van der Waals surface area (Å²) in [4.78, 5) is 28.6. The number of amides is 2. The summed E-state index contributed by atoms with van der Waals surface area (Å²) in [6.45, 7) is 1.87. The van der Waals surface area contributed by atoms with Gasteiger partial charge in [0.25, 0.3) is 5.91 Å². The Bertz CT molecular complexity index is 862. The van der Waals surface area contributed by atoms with Crippen molar-refractivity contribution in [3.8, 4) is 0 Å². The number of aromatic nitrogens is 3. The van der Waals surface area contributed by atoms with Crippen LogP contribution < -0.4 is 10.6 Å². The zero-order valence-corrected chi connectivity index (χ0v) is 15.5. The molecule has 0 aromatic carbocycles. The van der Waals surface area contributed by atoms with E-state index >= 15 is 0 Å². The van der Waals surface area contributed by atoms with Crippen molar-refractivity contribution in [1.82, 2.24) is 15.2 Å². The summed E-state index contributed by atoms with van der Waals surface area (Å²) < 4.78 is 0. The van der Waals surface area contributed by atoms with Crippen molar-refractivity contribution >= 4 is 57.2 Å². The number of hydrogen-bond acceptors (Lipinski definition) is 8. The molecule has 0 aliphatic rings. The van der Waals surface area contributed by atoms with Crippen molar-refractivity contribution in [3.63, 3.8) is 0 Å². The number of nitrogens with zero attached hydrogens (tertiary/aromatic N) is 3. The van der Waals surface area contributed by atoms with Crippen molar-refractivity contribution in [2.24, 2.45) is 0 Å². The Morgan fingerprint density at radius 3 is 2.68 bits per heavy atom. The summed E-state index contributed by atoms with van der Waals surface area (Å²) in [6.07, 6.45) is 0. The Balaban J connectivity index is 1.49. The van der Waals surface area contributed by atoms with Crippen LogP contribution in [0.2, 0.25) is 0 Å². The number of thiophene rings is 1. The second-order valence-corrected chi connectivity index (χ2v) is 7.62. The lowest BCUT2D eigenvalue weighted by molar-refractivity contribution is -0.113. The van der Waals surface area contributed by atoms with Gasteiger partial charge in [-0.15, -0.1) is 32.9 Å². The summed E-state index contributed by atoms with van der Waals surface area (Å²) >= 11 is 4.00. The molecule has 25 heavy (non-hydrogen) atoms. The largest absolute Gasteiger partial charge is 0.304 e. The zero-order valence-electron chi connectivity index (χ0n) is 13.1. The van der Waals surface area contributed by atoms with E-state index in [1.807, 2.05) is 23.8 Å². The van der Waals surface area contributed by atoms with Gasteiger partial charge in [-0.05, 0) is 30.5 Å². The maximum absolute atomic E-state index is 11.9. The molecule has 0 atom stereocenters. The second kappa shape index (κ2) is 8.19. The fourth-order valence-corrected chi connectivity index (χ4v) is 3.69. The molecule has 128 valence electrons. The topological polar surface area (TPSA) is 96.9 Å². The highest BCUT2D eigenvalue weighted by atomic mass is 32.2. The molecule has 0 radical (unpaired) electrons. The molecule has 3 heterocycles. The van der Waals surface area contributed by atoms with Gasteiger partial charge in [0.15, 0.2) is 10.9 Å². The Morgan fingerprint density at radius 2 is 2.04 bits per heavy atom. The molecule has 3 rings (SSSR count). The molecular weight excluding hydrogens is 378 g/mol. The summed E-state index contributed by atoms with van der Waals surface area (Å²) in [5, 5.41) is 18.2. The molecule has 0 unspecified atom stereocenters. The molecule has 7 nitrogen and oxygen atoms in total. The third kappa shape index (κ3) is 5.08. The number of rotatable bonds is 6. The first-order valence-electron chi connectivity index (χ1n) is 7.13. The molecule has 0 aliphatic heterocycles. The molecule has 0 saturated carbocycles. The molecule has 0 aliphatic carbocycles. The first-order chi connectivity index (χ1) is 12.1. The molecule has 10 heteroatoms. The summed E-state index contributed by atoms with van der Waals surface area (Å²) in [5.74, 6) is 0.193. The molecule has 3 aromatic heterocycles. The van der Waals surface area contributed by atoms with Gasteiger partial charge < -0.3 is 10.6 Å². The van der Waals surface area contributed by atoms with Crippen molar-refractivity contribution in [2.75, 3.05) is 16.4 Å².